The van der Waals surface area contributed by atoms with Crippen LogP contribution in [0.2, 0.25) is 0 Å². The van der Waals surface area contributed by atoms with E-state index in [2.05, 4.69) is 17.2 Å². The van der Waals surface area contributed by atoms with Crippen LogP contribution in [-0.2, 0) is 4.79 Å². The Bertz CT molecular complexity index is 212. The van der Waals surface area contributed by atoms with Crippen LogP contribution in [0.25, 0.3) is 0 Å². The summed E-state index contributed by atoms with van der Waals surface area (Å²) in [6.07, 6.45) is 1.40. The van der Waals surface area contributed by atoms with Gasteiger partial charge in [-0.3, -0.25) is 10.1 Å². The highest BCUT2D eigenvalue weighted by atomic mass is 16.2. The molecule has 10 heavy (non-hydrogen) atoms. The van der Waals surface area contributed by atoms with E-state index in [0.29, 0.717) is 0 Å². The van der Waals surface area contributed by atoms with Crippen LogP contribution in [0.5, 0.6) is 0 Å². The van der Waals surface area contributed by atoms with E-state index >= 15 is 0 Å². The minimum atomic E-state index is -0.920. The Hall–Kier alpha value is -1.32. The third kappa shape index (κ3) is 0.775. The normalized spacial score (nSPS) is 31.3. The summed E-state index contributed by atoms with van der Waals surface area (Å²) in [6.45, 7) is 5.01. The molecule has 0 spiro atoms. The van der Waals surface area contributed by atoms with Crippen molar-refractivity contribution in [2.75, 3.05) is 0 Å². The molecule has 1 atom stereocenters. The predicted molar refractivity (Wildman–Crippen MR) is 35.3 cm³/mol. The summed E-state index contributed by atoms with van der Waals surface area (Å²) >= 11 is 0. The molecule has 0 aromatic carbocycles. The Kier molecular flexibility index (Phi) is 1.24. The Morgan fingerprint density at radius 1 is 1.60 bits per heavy atom. The molecule has 0 bridgehead atoms. The van der Waals surface area contributed by atoms with Gasteiger partial charge in [0.2, 0.25) is 0 Å². The Labute approximate surface area is 58.3 Å². The van der Waals surface area contributed by atoms with Gasteiger partial charge < -0.3 is 5.32 Å². The van der Waals surface area contributed by atoms with Crippen LogP contribution in [0.15, 0.2) is 12.7 Å². The molecule has 1 aliphatic rings. The quantitative estimate of drug-likeness (QED) is 0.390. The highest BCUT2D eigenvalue weighted by Crippen LogP contribution is 2.09. The summed E-state index contributed by atoms with van der Waals surface area (Å²) in [5, 5.41) is 4.51. The van der Waals surface area contributed by atoms with E-state index in [1.165, 1.54) is 6.08 Å². The van der Waals surface area contributed by atoms with Gasteiger partial charge in [-0.15, -0.1) is 6.58 Å². The topological polar surface area (TPSA) is 58.2 Å². The van der Waals surface area contributed by atoms with Crippen LogP contribution in [0.4, 0.5) is 4.79 Å². The average Bonchev–Trinajstić information content (AvgIpc) is 2.09. The fourth-order valence-electron chi connectivity index (χ4n) is 0.701. The molecule has 0 aromatic heterocycles. The van der Waals surface area contributed by atoms with E-state index < -0.39 is 11.6 Å². The van der Waals surface area contributed by atoms with Gasteiger partial charge in [0.15, 0.2) is 0 Å². The lowest BCUT2D eigenvalue weighted by atomic mass is 10.0. The van der Waals surface area contributed by atoms with Crippen molar-refractivity contribution >= 4 is 11.9 Å². The SMILES string of the molecule is C=C[C@]1(C)NC(=O)NC1=O. The van der Waals surface area contributed by atoms with Crippen molar-refractivity contribution in [1.82, 2.24) is 10.6 Å². The smallest absolute Gasteiger partial charge is 0.320 e. The lowest BCUT2D eigenvalue weighted by Crippen LogP contribution is -2.41. The van der Waals surface area contributed by atoms with Crippen molar-refractivity contribution < 1.29 is 9.59 Å². The van der Waals surface area contributed by atoms with E-state index in [1.807, 2.05) is 0 Å². The molecule has 0 saturated carbocycles. The molecule has 0 aliphatic carbocycles. The maximum Gasteiger partial charge on any atom is 0.322 e. The van der Waals surface area contributed by atoms with Crippen molar-refractivity contribution in [2.45, 2.75) is 12.5 Å². The monoisotopic (exact) mass is 140 g/mol. The molecule has 4 nitrogen and oxygen atoms in total. The second-order valence-electron chi connectivity index (χ2n) is 2.31. The Balaban J connectivity index is 2.90. The fraction of sp³-hybridized carbons (Fsp3) is 0.333. The van der Waals surface area contributed by atoms with Crippen LogP contribution in [0.3, 0.4) is 0 Å². The summed E-state index contributed by atoms with van der Waals surface area (Å²) in [4.78, 5) is 21.4. The van der Waals surface area contributed by atoms with Crippen LogP contribution in [0, 0.1) is 0 Å². The van der Waals surface area contributed by atoms with E-state index in [0.717, 1.165) is 0 Å². The number of carbonyl (C=O) groups is 2. The molecule has 1 saturated heterocycles. The molecule has 1 heterocycles. The lowest BCUT2D eigenvalue weighted by Gasteiger charge is -2.13. The second kappa shape index (κ2) is 1.83. The zero-order valence-electron chi connectivity index (χ0n) is 5.60. The van der Waals surface area contributed by atoms with Crippen molar-refractivity contribution in [3.63, 3.8) is 0 Å². The van der Waals surface area contributed by atoms with Crippen molar-refractivity contribution in [2.24, 2.45) is 0 Å². The molecule has 3 amide bonds. The molecule has 4 heteroatoms. The summed E-state index contributed by atoms with van der Waals surface area (Å²) < 4.78 is 0. The number of nitrogens with one attached hydrogen (secondary N) is 2. The first-order valence-electron chi connectivity index (χ1n) is 2.86. The molecule has 0 unspecified atom stereocenters. The molecule has 1 fully saturated rings. The van der Waals surface area contributed by atoms with Gasteiger partial charge >= 0.3 is 6.03 Å². The summed E-state index contributed by atoms with van der Waals surface area (Å²) in [7, 11) is 0. The van der Waals surface area contributed by atoms with Gasteiger partial charge in [-0.2, -0.15) is 0 Å². The lowest BCUT2D eigenvalue weighted by molar-refractivity contribution is -0.121. The van der Waals surface area contributed by atoms with Crippen LogP contribution >= 0.6 is 0 Å². The summed E-state index contributed by atoms with van der Waals surface area (Å²) in [5.41, 5.74) is -0.920. The zero-order valence-corrected chi connectivity index (χ0v) is 5.60. The first-order chi connectivity index (χ1) is 4.58. The van der Waals surface area contributed by atoms with Gasteiger partial charge in [0.1, 0.15) is 5.54 Å². The van der Waals surface area contributed by atoms with Gasteiger partial charge in [0.25, 0.3) is 5.91 Å². The number of amides is 3. The van der Waals surface area contributed by atoms with Gasteiger partial charge in [0.05, 0.1) is 0 Å². The average molecular weight is 140 g/mol. The van der Waals surface area contributed by atoms with Crippen molar-refractivity contribution in [3.8, 4) is 0 Å². The number of imide groups is 1. The van der Waals surface area contributed by atoms with E-state index in [9.17, 15) is 9.59 Å². The third-order valence-electron chi connectivity index (χ3n) is 1.48. The molecular formula is C6H8N2O2. The highest BCUT2D eigenvalue weighted by Gasteiger charge is 2.38. The molecule has 0 aromatic rings. The molecule has 2 N–H and O–H groups in total. The first kappa shape index (κ1) is 6.80. The standard InChI is InChI=1S/C6H8N2O2/c1-3-6(2)4(9)7-5(10)8-6/h3H,1H2,2H3,(H2,7,8,9,10)/t6-/m0/s1. The van der Waals surface area contributed by atoms with Gasteiger partial charge in [-0.25, -0.2) is 4.79 Å². The summed E-state index contributed by atoms with van der Waals surface area (Å²) in [5.74, 6) is -0.354. The van der Waals surface area contributed by atoms with Crippen LogP contribution in [0.1, 0.15) is 6.92 Å². The van der Waals surface area contributed by atoms with E-state index in [4.69, 9.17) is 0 Å². The van der Waals surface area contributed by atoms with Crippen molar-refractivity contribution in [3.05, 3.63) is 12.7 Å². The maximum absolute atomic E-state index is 10.9. The van der Waals surface area contributed by atoms with Gasteiger partial charge in [0, 0.05) is 0 Å². The number of urea groups is 1. The maximum atomic E-state index is 10.9. The Morgan fingerprint density at radius 3 is 2.40 bits per heavy atom. The van der Waals surface area contributed by atoms with Gasteiger partial charge in [-0.05, 0) is 6.92 Å². The predicted octanol–water partition coefficient (Wildman–Crippen LogP) is -0.230. The Morgan fingerprint density at radius 2 is 2.20 bits per heavy atom. The highest BCUT2D eigenvalue weighted by molar-refractivity contribution is 6.07. The van der Waals surface area contributed by atoms with Crippen LogP contribution < -0.4 is 10.6 Å². The molecule has 1 rings (SSSR count). The largest absolute Gasteiger partial charge is 0.322 e. The number of rotatable bonds is 1. The first-order valence-corrected chi connectivity index (χ1v) is 2.86. The second-order valence-corrected chi connectivity index (χ2v) is 2.31. The van der Waals surface area contributed by atoms with Crippen molar-refractivity contribution in [1.29, 1.82) is 0 Å². The fourth-order valence-corrected chi connectivity index (χ4v) is 0.701. The molecule has 0 radical (unpaired) electrons. The van der Waals surface area contributed by atoms with Gasteiger partial charge in [-0.1, -0.05) is 6.08 Å². The number of carbonyl (C=O) groups excluding carboxylic acids is 2. The third-order valence-corrected chi connectivity index (χ3v) is 1.48. The molecule has 1 aliphatic heterocycles. The van der Waals surface area contributed by atoms with E-state index in [-0.39, 0.29) is 5.91 Å². The molecular weight excluding hydrogens is 132 g/mol. The minimum absolute atomic E-state index is 0.354. The zero-order chi connectivity index (χ0) is 7.78. The summed E-state index contributed by atoms with van der Waals surface area (Å²) in [6, 6.07) is -0.465. The van der Waals surface area contributed by atoms with Crippen LogP contribution in [-0.4, -0.2) is 17.5 Å². The van der Waals surface area contributed by atoms with E-state index in [1.54, 1.807) is 6.92 Å². The minimum Gasteiger partial charge on any atom is -0.320 e. The number of hydrogen-bond acceptors (Lipinski definition) is 2. The molecule has 54 valence electrons. The number of hydrogen-bond donors (Lipinski definition) is 2.